The molecule has 1 aliphatic heterocycles. The first kappa shape index (κ1) is 29.8. The van der Waals surface area contributed by atoms with Gasteiger partial charge < -0.3 is 24.0 Å². The van der Waals surface area contributed by atoms with Crippen LogP contribution in [0.2, 0.25) is 0 Å². The summed E-state index contributed by atoms with van der Waals surface area (Å²) in [4.78, 5) is 28.4. The third kappa shape index (κ3) is 6.86. The number of imidazole rings is 1. The Bertz CT molecular complexity index is 1550. The van der Waals surface area contributed by atoms with Crippen molar-refractivity contribution in [1.82, 2.24) is 24.4 Å². The van der Waals surface area contributed by atoms with Crippen LogP contribution in [-0.4, -0.2) is 54.3 Å². The van der Waals surface area contributed by atoms with Crippen molar-refractivity contribution in [2.24, 2.45) is 0 Å². The van der Waals surface area contributed by atoms with E-state index >= 15 is 0 Å². The van der Waals surface area contributed by atoms with Crippen LogP contribution in [0.25, 0.3) is 22.6 Å². The number of hydrogen-bond acceptors (Lipinski definition) is 7. The molecule has 1 amide bonds. The minimum atomic E-state index is -0.534. The SMILES string of the molecule is CC(C)c1ccc(O)c(Oc2nccc(-c3c(-c4ccc(I)cc4)ncn3C3CCN(C(=O)OC(C)(C)C)CC3)n2)c1. The van der Waals surface area contributed by atoms with Crippen LogP contribution in [0.1, 0.15) is 65.0 Å². The number of rotatable bonds is 6. The molecule has 2 aromatic heterocycles. The zero-order valence-corrected chi connectivity index (χ0v) is 26.7. The number of aromatic nitrogens is 4. The van der Waals surface area contributed by atoms with E-state index in [0.717, 1.165) is 38.9 Å². The fraction of sp³-hybridized carbons (Fsp3) is 0.375. The summed E-state index contributed by atoms with van der Waals surface area (Å²) in [6.45, 7) is 11.0. The number of phenolic OH excluding ortho intramolecular Hbond substituents is 1. The van der Waals surface area contributed by atoms with Crippen molar-refractivity contribution >= 4 is 28.7 Å². The van der Waals surface area contributed by atoms with Gasteiger partial charge in [-0.15, -0.1) is 0 Å². The highest BCUT2D eigenvalue weighted by molar-refractivity contribution is 14.1. The standard InChI is InChI=1S/C32H36IN5O4/c1-20(2)22-8-11-26(39)27(18-22)41-30-34-15-12-25(36-30)29-28(21-6-9-23(33)10-7-21)35-19-38(29)24-13-16-37(17-14-24)31(40)42-32(3,4)5/h6-12,15,18-20,24,39H,13-14,16-17H2,1-5H3. The zero-order chi connectivity index (χ0) is 30.0. The van der Waals surface area contributed by atoms with Crippen LogP contribution >= 0.6 is 22.6 Å². The molecule has 9 nitrogen and oxygen atoms in total. The predicted octanol–water partition coefficient (Wildman–Crippen LogP) is 7.81. The minimum Gasteiger partial charge on any atom is -0.504 e. The third-order valence-electron chi connectivity index (χ3n) is 7.15. The molecule has 0 atom stereocenters. The van der Waals surface area contributed by atoms with Crippen LogP contribution in [0.15, 0.2) is 61.1 Å². The molecule has 3 heterocycles. The van der Waals surface area contributed by atoms with Crippen LogP contribution in [0.4, 0.5) is 4.79 Å². The molecule has 1 saturated heterocycles. The highest BCUT2D eigenvalue weighted by Gasteiger charge is 2.30. The minimum absolute atomic E-state index is 0.0229. The third-order valence-corrected chi connectivity index (χ3v) is 7.87. The molecule has 0 bridgehead atoms. The summed E-state index contributed by atoms with van der Waals surface area (Å²) in [6.07, 6.45) is 4.73. The van der Waals surface area contributed by atoms with E-state index in [-0.39, 0.29) is 29.8 Å². The smallest absolute Gasteiger partial charge is 0.410 e. The first-order valence-corrected chi connectivity index (χ1v) is 15.2. The molecule has 220 valence electrons. The second-order valence-electron chi connectivity index (χ2n) is 11.8. The number of halogens is 1. The van der Waals surface area contributed by atoms with Crippen LogP contribution < -0.4 is 4.74 Å². The van der Waals surface area contributed by atoms with E-state index in [1.807, 2.05) is 45.3 Å². The molecule has 2 aromatic carbocycles. The molecule has 0 unspecified atom stereocenters. The lowest BCUT2D eigenvalue weighted by Crippen LogP contribution is -2.42. The molecule has 1 N–H and O–H groups in total. The summed E-state index contributed by atoms with van der Waals surface area (Å²) in [5.41, 5.74) is 3.78. The van der Waals surface area contributed by atoms with E-state index in [1.165, 1.54) is 0 Å². The van der Waals surface area contributed by atoms with Gasteiger partial charge in [0.2, 0.25) is 0 Å². The van der Waals surface area contributed by atoms with Crippen molar-refractivity contribution in [3.8, 4) is 40.2 Å². The summed E-state index contributed by atoms with van der Waals surface area (Å²) >= 11 is 2.29. The van der Waals surface area contributed by atoms with Crippen LogP contribution in [0, 0.1) is 3.57 Å². The number of carbonyl (C=O) groups excluding carboxylic acids is 1. The van der Waals surface area contributed by atoms with Gasteiger partial charge in [0.25, 0.3) is 0 Å². The second kappa shape index (κ2) is 12.3. The van der Waals surface area contributed by atoms with Crippen molar-refractivity contribution in [2.45, 2.75) is 65.0 Å². The number of hydrogen-bond donors (Lipinski definition) is 1. The Morgan fingerprint density at radius 1 is 1.05 bits per heavy atom. The number of likely N-dealkylation sites (tertiary alicyclic amines) is 1. The number of ether oxygens (including phenoxy) is 2. The van der Waals surface area contributed by atoms with Crippen molar-refractivity contribution in [2.75, 3.05) is 13.1 Å². The number of nitrogens with zero attached hydrogens (tertiary/aromatic N) is 5. The second-order valence-corrected chi connectivity index (χ2v) is 13.0. The highest BCUT2D eigenvalue weighted by atomic mass is 127. The monoisotopic (exact) mass is 681 g/mol. The number of piperidine rings is 1. The van der Waals surface area contributed by atoms with Gasteiger partial charge in [-0.25, -0.2) is 14.8 Å². The zero-order valence-electron chi connectivity index (χ0n) is 24.5. The van der Waals surface area contributed by atoms with Gasteiger partial charge in [0, 0.05) is 34.5 Å². The fourth-order valence-electron chi connectivity index (χ4n) is 4.96. The molecular weight excluding hydrogens is 645 g/mol. The maximum Gasteiger partial charge on any atom is 0.410 e. The van der Waals surface area contributed by atoms with Crippen molar-refractivity contribution in [1.29, 1.82) is 0 Å². The topological polar surface area (TPSA) is 103 Å². The molecule has 5 rings (SSSR count). The summed E-state index contributed by atoms with van der Waals surface area (Å²) in [6, 6.07) is 15.6. The maximum absolute atomic E-state index is 12.7. The maximum atomic E-state index is 12.7. The van der Waals surface area contributed by atoms with E-state index < -0.39 is 5.60 Å². The molecule has 1 aliphatic rings. The van der Waals surface area contributed by atoms with E-state index in [1.54, 1.807) is 17.2 Å². The highest BCUT2D eigenvalue weighted by Crippen LogP contribution is 2.37. The quantitative estimate of drug-likeness (QED) is 0.207. The van der Waals surface area contributed by atoms with Gasteiger partial charge in [-0.1, -0.05) is 32.0 Å². The van der Waals surface area contributed by atoms with Gasteiger partial charge in [-0.3, -0.25) is 0 Å². The summed E-state index contributed by atoms with van der Waals surface area (Å²) in [5.74, 6) is 0.599. The lowest BCUT2D eigenvalue weighted by atomic mass is 10.0. The predicted molar refractivity (Wildman–Crippen MR) is 170 cm³/mol. The van der Waals surface area contributed by atoms with E-state index in [0.29, 0.717) is 24.5 Å². The summed E-state index contributed by atoms with van der Waals surface area (Å²) < 4.78 is 14.9. The molecule has 0 aliphatic carbocycles. The van der Waals surface area contributed by atoms with Crippen molar-refractivity contribution in [3.63, 3.8) is 0 Å². The Hall–Kier alpha value is -3.67. The molecular formula is C32H36IN5O4. The largest absolute Gasteiger partial charge is 0.504 e. The van der Waals surface area contributed by atoms with Crippen LogP contribution in [-0.2, 0) is 4.74 Å². The number of carbonyl (C=O) groups is 1. The van der Waals surface area contributed by atoms with Crippen LogP contribution in [0.5, 0.6) is 17.5 Å². The van der Waals surface area contributed by atoms with Gasteiger partial charge in [-0.2, -0.15) is 4.98 Å². The number of benzene rings is 2. The van der Waals surface area contributed by atoms with E-state index in [2.05, 4.69) is 70.3 Å². The Morgan fingerprint density at radius 3 is 2.43 bits per heavy atom. The van der Waals surface area contributed by atoms with E-state index in [9.17, 15) is 9.90 Å². The van der Waals surface area contributed by atoms with Gasteiger partial charge in [-0.05, 0) is 98.0 Å². The molecule has 4 aromatic rings. The van der Waals surface area contributed by atoms with Crippen molar-refractivity contribution in [3.05, 3.63) is 70.2 Å². The summed E-state index contributed by atoms with van der Waals surface area (Å²) in [7, 11) is 0. The first-order chi connectivity index (χ1) is 20.0. The number of aromatic hydroxyl groups is 1. The van der Waals surface area contributed by atoms with Gasteiger partial charge in [0.1, 0.15) is 5.60 Å². The Labute approximate surface area is 260 Å². The Balaban J connectivity index is 1.48. The average Bonchev–Trinajstić information content (AvgIpc) is 3.39. The summed E-state index contributed by atoms with van der Waals surface area (Å²) in [5, 5.41) is 10.5. The Morgan fingerprint density at radius 2 is 1.76 bits per heavy atom. The first-order valence-electron chi connectivity index (χ1n) is 14.1. The number of phenols is 1. The lowest BCUT2D eigenvalue weighted by Gasteiger charge is -2.34. The van der Waals surface area contributed by atoms with Crippen molar-refractivity contribution < 1.29 is 19.4 Å². The average molecular weight is 682 g/mol. The molecule has 0 spiro atoms. The normalized spacial score (nSPS) is 14.3. The molecule has 10 heteroatoms. The molecule has 1 fully saturated rings. The Kier molecular flexibility index (Phi) is 8.72. The van der Waals surface area contributed by atoms with E-state index in [4.69, 9.17) is 19.4 Å². The lowest BCUT2D eigenvalue weighted by molar-refractivity contribution is 0.0189. The van der Waals surface area contributed by atoms with Gasteiger partial charge in [0.05, 0.1) is 23.4 Å². The fourth-order valence-corrected chi connectivity index (χ4v) is 5.32. The molecule has 0 saturated carbocycles. The molecule has 0 radical (unpaired) electrons. The van der Waals surface area contributed by atoms with Gasteiger partial charge >= 0.3 is 12.1 Å². The van der Waals surface area contributed by atoms with Gasteiger partial charge in [0.15, 0.2) is 11.5 Å². The molecule has 42 heavy (non-hydrogen) atoms. The number of amides is 1. The van der Waals surface area contributed by atoms with Crippen LogP contribution in [0.3, 0.4) is 0 Å².